The van der Waals surface area contributed by atoms with Gasteiger partial charge in [0.25, 0.3) is 0 Å². The molecule has 0 fully saturated rings. The lowest BCUT2D eigenvalue weighted by atomic mass is 9.87. The van der Waals surface area contributed by atoms with Gasteiger partial charge in [-0.3, -0.25) is 0 Å². The Morgan fingerprint density at radius 1 is 1.22 bits per heavy atom. The summed E-state index contributed by atoms with van der Waals surface area (Å²) < 4.78 is 5.24. The second-order valence-electron chi connectivity index (χ2n) is 6.32. The Labute approximate surface area is 142 Å². The molecule has 2 rings (SSSR count). The summed E-state index contributed by atoms with van der Waals surface area (Å²) in [5, 5.41) is 13.5. The molecular weight excluding hydrogens is 308 g/mol. The summed E-state index contributed by atoms with van der Waals surface area (Å²) in [6.07, 6.45) is 0.312. The number of benzene rings is 1. The molecule has 1 heterocycles. The summed E-state index contributed by atoms with van der Waals surface area (Å²) in [5.41, 5.74) is 2.17. The molecule has 2 aromatic rings. The minimum atomic E-state index is -0.355. The number of aliphatic hydroxyl groups excluding tert-OH is 1. The van der Waals surface area contributed by atoms with E-state index in [2.05, 4.69) is 17.5 Å². The Balaban J connectivity index is 2.33. The fourth-order valence-corrected chi connectivity index (χ4v) is 3.23. The Morgan fingerprint density at radius 3 is 2.35 bits per heavy atom. The maximum atomic E-state index is 10.4. The summed E-state index contributed by atoms with van der Waals surface area (Å²) in [7, 11) is 5.65. The topological polar surface area (TPSA) is 45.6 Å². The molecule has 0 aliphatic heterocycles. The lowest BCUT2D eigenvalue weighted by Gasteiger charge is -2.22. The Kier molecular flexibility index (Phi) is 6.02. The third-order valence-corrected chi connectivity index (χ3v) is 5.04. The van der Waals surface area contributed by atoms with E-state index < -0.39 is 0 Å². The van der Waals surface area contributed by atoms with Crippen LogP contribution < -0.4 is 9.64 Å². The van der Waals surface area contributed by atoms with Crippen LogP contribution in [-0.2, 0) is 0 Å². The number of hydrogen-bond acceptors (Lipinski definition) is 5. The molecule has 0 saturated carbocycles. The Bertz CT molecular complexity index is 608. The molecule has 0 saturated heterocycles. The number of rotatable bonds is 7. The zero-order valence-electron chi connectivity index (χ0n) is 14.5. The van der Waals surface area contributed by atoms with Crippen molar-refractivity contribution in [2.45, 2.75) is 32.3 Å². The van der Waals surface area contributed by atoms with Crippen LogP contribution in [0.2, 0.25) is 0 Å². The standard InChI is InChI=1S/C18H26N2O2S/c1-12(2)17(21)10-15(13-6-8-14(22-5)9-7-13)16-11-23-18(19-16)20(3)4/h6-9,11-12,15,17,21H,10H2,1-5H3. The lowest BCUT2D eigenvalue weighted by molar-refractivity contribution is 0.111. The number of hydrogen-bond donors (Lipinski definition) is 1. The highest BCUT2D eigenvalue weighted by atomic mass is 32.1. The average Bonchev–Trinajstić information content (AvgIpc) is 3.02. The van der Waals surface area contributed by atoms with Crippen molar-refractivity contribution in [3.8, 4) is 5.75 Å². The van der Waals surface area contributed by atoms with Crippen molar-refractivity contribution < 1.29 is 9.84 Å². The van der Waals surface area contributed by atoms with Gasteiger partial charge in [-0.05, 0) is 30.0 Å². The van der Waals surface area contributed by atoms with Gasteiger partial charge in [0.05, 0.1) is 18.9 Å². The molecule has 0 spiro atoms. The lowest BCUT2D eigenvalue weighted by Crippen LogP contribution is -2.19. The second kappa shape index (κ2) is 7.79. The van der Waals surface area contributed by atoms with Crippen molar-refractivity contribution in [1.82, 2.24) is 4.98 Å². The summed E-state index contributed by atoms with van der Waals surface area (Å²) in [4.78, 5) is 6.76. The van der Waals surface area contributed by atoms with Crippen LogP contribution in [0.15, 0.2) is 29.6 Å². The molecule has 2 unspecified atom stereocenters. The highest BCUT2D eigenvalue weighted by Crippen LogP contribution is 2.34. The molecule has 4 nitrogen and oxygen atoms in total. The van der Waals surface area contributed by atoms with E-state index in [0.29, 0.717) is 6.42 Å². The van der Waals surface area contributed by atoms with Crippen LogP contribution in [0.5, 0.6) is 5.75 Å². The highest BCUT2D eigenvalue weighted by molar-refractivity contribution is 7.13. The maximum Gasteiger partial charge on any atom is 0.184 e. The maximum absolute atomic E-state index is 10.4. The normalized spacial score (nSPS) is 13.9. The molecule has 0 amide bonds. The monoisotopic (exact) mass is 334 g/mol. The van der Waals surface area contributed by atoms with E-state index in [4.69, 9.17) is 9.72 Å². The number of aromatic nitrogens is 1. The van der Waals surface area contributed by atoms with Crippen LogP contribution in [0, 0.1) is 5.92 Å². The van der Waals surface area contributed by atoms with Gasteiger partial charge in [0, 0.05) is 25.4 Å². The molecule has 1 aromatic carbocycles. The molecule has 2 atom stereocenters. The predicted molar refractivity (Wildman–Crippen MR) is 96.7 cm³/mol. The van der Waals surface area contributed by atoms with Crippen molar-refractivity contribution in [3.05, 3.63) is 40.9 Å². The highest BCUT2D eigenvalue weighted by Gasteiger charge is 2.23. The Morgan fingerprint density at radius 2 is 1.87 bits per heavy atom. The van der Waals surface area contributed by atoms with Gasteiger partial charge < -0.3 is 14.7 Å². The van der Waals surface area contributed by atoms with E-state index in [9.17, 15) is 5.11 Å². The summed E-state index contributed by atoms with van der Waals surface area (Å²) in [5.74, 6) is 1.15. The molecule has 0 radical (unpaired) electrons. The molecular formula is C18H26N2O2S. The fourth-order valence-electron chi connectivity index (χ4n) is 2.42. The average molecular weight is 334 g/mol. The van der Waals surface area contributed by atoms with Crippen LogP contribution in [0.3, 0.4) is 0 Å². The van der Waals surface area contributed by atoms with Crippen LogP contribution in [0.25, 0.3) is 0 Å². The minimum Gasteiger partial charge on any atom is -0.497 e. The van der Waals surface area contributed by atoms with E-state index in [1.165, 1.54) is 0 Å². The summed E-state index contributed by atoms with van der Waals surface area (Å²) in [6, 6.07) is 8.04. The van der Waals surface area contributed by atoms with E-state index >= 15 is 0 Å². The van der Waals surface area contributed by atoms with Crippen molar-refractivity contribution in [3.63, 3.8) is 0 Å². The Hall–Kier alpha value is -1.59. The molecule has 0 aliphatic carbocycles. The molecule has 0 bridgehead atoms. The van der Waals surface area contributed by atoms with E-state index in [0.717, 1.165) is 22.1 Å². The van der Waals surface area contributed by atoms with Crippen molar-refractivity contribution in [2.24, 2.45) is 5.92 Å². The summed E-state index contributed by atoms with van der Waals surface area (Å²) in [6.45, 7) is 4.09. The number of aliphatic hydroxyl groups is 1. The number of ether oxygens (including phenoxy) is 1. The molecule has 23 heavy (non-hydrogen) atoms. The minimum absolute atomic E-state index is 0.0863. The van der Waals surface area contributed by atoms with Gasteiger partial charge in [0.2, 0.25) is 0 Å². The van der Waals surface area contributed by atoms with Crippen molar-refractivity contribution >= 4 is 16.5 Å². The van der Waals surface area contributed by atoms with Gasteiger partial charge in [0.1, 0.15) is 5.75 Å². The van der Waals surface area contributed by atoms with Crippen LogP contribution in [0.1, 0.15) is 37.4 Å². The molecule has 5 heteroatoms. The number of anilines is 1. The zero-order valence-corrected chi connectivity index (χ0v) is 15.3. The van der Waals surface area contributed by atoms with Gasteiger partial charge in [-0.25, -0.2) is 4.98 Å². The van der Waals surface area contributed by atoms with Crippen LogP contribution in [-0.4, -0.2) is 37.4 Å². The van der Waals surface area contributed by atoms with Gasteiger partial charge in [-0.15, -0.1) is 11.3 Å². The molecule has 1 N–H and O–H groups in total. The van der Waals surface area contributed by atoms with Gasteiger partial charge >= 0.3 is 0 Å². The van der Waals surface area contributed by atoms with Gasteiger partial charge in [-0.2, -0.15) is 0 Å². The first-order chi connectivity index (χ1) is 10.9. The van der Waals surface area contributed by atoms with Crippen molar-refractivity contribution in [1.29, 1.82) is 0 Å². The third kappa shape index (κ3) is 4.45. The largest absolute Gasteiger partial charge is 0.497 e. The number of methoxy groups -OCH3 is 1. The van der Waals surface area contributed by atoms with Gasteiger partial charge in [-0.1, -0.05) is 26.0 Å². The molecule has 0 aliphatic rings. The second-order valence-corrected chi connectivity index (χ2v) is 7.16. The third-order valence-electron chi connectivity index (χ3n) is 4.01. The first-order valence-corrected chi connectivity index (χ1v) is 8.75. The van der Waals surface area contributed by atoms with Crippen LogP contribution >= 0.6 is 11.3 Å². The van der Waals surface area contributed by atoms with Gasteiger partial charge in [0.15, 0.2) is 5.13 Å². The molecule has 1 aromatic heterocycles. The van der Waals surface area contributed by atoms with E-state index in [1.807, 2.05) is 45.0 Å². The quantitative estimate of drug-likeness (QED) is 0.837. The van der Waals surface area contributed by atoms with Crippen LogP contribution in [0.4, 0.5) is 5.13 Å². The number of thiazole rings is 1. The van der Waals surface area contributed by atoms with E-state index in [-0.39, 0.29) is 17.9 Å². The first kappa shape index (κ1) is 17.8. The fraction of sp³-hybridized carbons (Fsp3) is 0.500. The smallest absolute Gasteiger partial charge is 0.184 e. The SMILES string of the molecule is COc1ccc(C(CC(O)C(C)C)c2csc(N(C)C)n2)cc1. The number of nitrogens with zero attached hydrogens (tertiary/aromatic N) is 2. The summed E-state index contributed by atoms with van der Waals surface area (Å²) >= 11 is 1.63. The predicted octanol–water partition coefficient (Wildman–Crippen LogP) is 3.76. The molecule has 126 valence electrons. The first-order valence-electron chi connectivity index (χ1n) is 7.87. The van der Waals surface area contributed by atoms with Crippen molar-refractivity contribution in [2.75, 3.05) is 26.1 Å². The van der Waals surface area contributed by atoms with E-state index in [1.54, 1.807) is 18.4 Å². The zero-order chi connectivity index (χ0) is 17.0.